The molecule has 0 saturated carbocycles. The van der Waals surface area contributed by atoms with E-state index in [9.17, 15) is 30.0 Å². The smallest absolute Gasteiger partial charge is 0.306 e. The molecule has 0 radical (unpaired) electrons. The normalized spacial score (nSPS) is 21.0. The lowest BCUT2D eigenvalue weighted by Gasteiger charge is -2.39. The molecular weight excluding hydrogens is 737 g/mol. The topological polar surface area (TPSA) is 152 Å². The average molecular weight is 815 g/mol. The van der Waals surface area contributed by atoms with Gasteiger partial charge in [0, 0.05) is 12.8 Å². The zero-order chi connectivity index (χ0) is 42.3. The molecule has 10 heteroatoms. The maximum Gasteiger partial charge on any atom is 0.306 e. The molecule has 1 fully saturated rings. The maximum atomic E-state index is 12.7. The monoisotopic (exact) mass is 815 g/mol. The van der Waals surface area contributed by atoms with Gasteiger partial charge in [-0.3, -0.25) is 9.59 Å². The molecule has 0 aliphatic carbocycles. The van der Waals surface area contributed by atoms with Crippen molar-refractivity contribution >= 4 is 11.9 Å². The molecule has 1 saturated heterocycles. The third-order valence-corrected chi connectivity index (χ3v) is 9.67. The highest BCUT2D eigenvalue weighted by atomic mass is 16.7. The van der Waals surface area contributed by atoms with E-state index in [-0.39, 0.29) is 26.1 Å². The SMILES string of the molecule is CC/C=C/C=C/C=C/C=C/C=C/CCCC(=O)OC(COC(=O)CCCCCCCCCCCC/C=C/C=C/CCCCCC)CO[C@H]1O[C@@H](CO)[C@@H](O)C(O)C1O. The number of carbonyl (C=O) groups excluding carboxylic acids is 2. The third kappa shape index (κ3) is 29.1. The fourth-order valence-corrected chi connectivity index (χ4v) is 6.15. The Balaban J connectivity index is 2.35. The lowest BCUT2D eigenvalue weighted by Crippen LogP contribution is -2.59. The Kier molecular flexibility index (Phi) is 34.8. The van der Waals surface area contributed by atoms with E-state index in [1.54, 1.807) is 0 Å². The number of hydrogen-bond acceptors (Lipinski definition) is 10. The molecule has 0 aromatic heterocycles. The first-order valence-corrected chi connectivity index (χ1v) is 22.2. The van der Waals surface area contributed by atoms with Crippen LogP contribution in [-0.4, -0.2) is 89.0 Å². The van der Waals surface area contributed by atoms with Crippen molar-refractivity contribution in [3.05, 3.63) is 85.1 Å². The zero-order valence-corrected chi connectivity index (χ0v) is 35.8. The molecule has 0 spiro atoms. The van der Waals surface area contributed by atoms with Crippen molar-refractivity contribution in [1.29, 1.82) is 0 Å². The van der Waals surface area contributed by atoms with Crippen LogP contribution in [0.25, 0.3) is 0 Å². The van der Waals surface area contributed by atoms with Crippen LogP contribution >= 0.6 is 0 Å². The van der Waals surface area contributed by atoms with Crippen LogP contribution in [0.5, 0.6) is 0 Å². The van der Waals surface area contributed by atoms with Gasteiger partial charge in [0.25, 0.3) is 0 Å². The van der Waals surface area contributed by atoms with Crippen LogP contribution in [0.3, 0.4) is 0 Å². The number of esters is 2. The Morgan fingerprint density at radius 2 is 1.03 bits per heavy atom. The van der Waals surface area contributed by atoms with E-state index >= 15 is 0 Å². The summed E-state index contributed by atoms with van der Waals surface area (Å²) in [4.78, 5) is 25.3. The molecule has 0 aromatic carbocycles. The molecule has 6 atom stereocenters. The van der Waals surface area contributed by atoms with Crippen LogP contribution in [-0.2, 0) is 28.5 Å². The first-order valence-electron chi connectivity index (χ1n) is 22.2. The largest absolute Gasteiger partial charge is 0.462 e. The molecule has 1 rings (SSSR count). The molecule has 58 heavy (non-hydrogen) atoms. The lowest BCUT2D eigenvalue weighted by atomic mass is 9.99. The van der Waals surface area contributed by atoms with Gasteiger partial charge in [0.1, 0.15) is 31.0 Å². The van der Waals surface area contributed by atoms with Crippen LogP contribution in [0.4, 0.5) is 0 Å². The quantitative estimate of drug-likeness (QED) is 0.0277. The molecule has 4 N–H and O–H groups in total. The first-order chi connectivity index (χ1) is 28.3. The molecule has 1 aliphatic rings. The van der Waals surface area contributed by atoms with E-state index in [0.717, 1.165) is 32.1 Å². The van der Waals surface area contributed by atoms with Crippen molar-refractivity contribution in [3.8, 4) is 0 Å². The fraction of sp³-hybridized carbons (Fsp3) is 0.667. The van der Waals surface area contributed by atoms with Gasteiger partial charge in [-0.2, -0.15) is 0 Å². The van der Waals surface area contributed by atoms with Crippen LogP contribution in [0.2, 0.25) is 0 Å². The first kappa shape index (κ1) is 52.9. The lowest BCUT2D eigenvalue weighted by molar-refractivity contribution is -0.305. The predicted molar refractivity (Wildman–Crippen MR) is 233 cm³/mol. The number of aliphatic hydroxyl groups excluding tert-OH is 4. The minimum Gasteiger partial charge on any atom is -0.462 e. The highest BCUT2D eigenvalue weighted by molar-refractivity contribution is 5.70. The van der Waals surface area contributed by atoms with Gasteiger partial charge in [0.2, 0.25) is 0 Å². The second kappa shape index (κ2) is 38.1. The number of carbonyl (C=O) groups is 2. The van der Waals surface area contributed by atoms with Crippen LogP contribution in [0.15, 0.2) is 85.1 Å². The fourth-order valence-electron chi connectivity index (χ4n) is 6.15. The van der Waals surface area contributed by atoms with Gasteiger partial charge in [-0.15, -0.1) is 0 Å². The van der Waals surface area contributed by atoms with Crippen molar-refractivity contribution in [2.75, 3.05) is 19.8 Å². The van der Waals surface area contributed by atoms with Gasteiger partial charge in [0.15, 0.2) is 12.4 Å². The van der Waals surface area contributed by atoms with Crippen molar-refractivity contribution in [2.45, 2.75) is 185 Å². The standard InChI is InChI=1S/C48H78O10/c1-3-5-7-9-11-13-15-17-18-19-20-21-22-23-25-26-28-30-32-34-36-43(50)55-39-41(40-56-48-47(54)46(53)45(52)42(38-49)58-48)57-44(51)37-35-33-31-29-27-24-16-14-12-10-8-6-4-2/h6,8,10,12-18,24,27,29,31,41-42,45-49,52-54H,3-5,7,9,11,19-23,25-26,28,30,32-40H2,1-2H3/b8-6+,12-10+,15-13+,16-14+,18-17+,27-24+,31-29+/t41?,42-,45+,46?,47?,48-/m0/s1. The van der Waals surface area contributed by atoms with E-state index in [1.807, 2.05) is 54.7 Å². The molecule has 0 amide bonds. The van der Waals surface area contributed by atoms with Gasteiger partial charge >= 0.3 is 11.9 Å². The van der Waals surface area contributed by atoms with Gasteiger partial charge in [-0.25, -0.2) is 0 Å². The van der Waals surface area contributed by atoms with Crippen LogP contribution < -0.4 is 0 Å². The van der Waals surface area contributed by atoms with E-state index in [2.05, 4.69) is 44.2 Å². The van der Waals surface area contributed by atoms with Gasteiger partial charge < -0.3 is 39.4 Å². The number of rotatable bonds is 35. The maximum absolute atomic E-state index is 12.7. The minimum atomic E-state index is -1.61. The van der Waals surface area contributed by atoms with Crippen LogP contribution in [0.1, 0.15) is 149 Å². The molecule has 0 aromatic rings. The summed E-state index contributed by atoms with van der Waals surface area (Å²) in [6.45, 7) is 3.16. The number of aliphatic hydroxyl groups is 4. The van der Waals surface area contributed by atoms with Crippen LogP contribution in [0, 0.1) is 0 Å². The number of hydrogen-bond donors (Lipinski definition) is 4. The second-order valence-electron chi connectivity index (χ2n) is 14.9. The van der Waals surface area contributed by atoms with Gasteiger partial charge in [-0.05, 0) is 51.4 Å². The zero-order valence-electron chi connectivity index (χ0n) is 35.8. The number of ether oxygens (including phenoxy) is 4. The molecule has 3 unspecified atom stereocenters. The molecule has 0 bridgehead atoms. The minimum absolute atomic E-state index is 0.128. The molecular formula is C48H78O10. The molecule has 330 valence electrons. The predicted octanol–water partition coefficient (Wildman–Crippen LogP) is 9.38. The highest BCUT2D eigenvalue weighted by Gasteiger charge is 2.44. The average Bonchev–Trinajstić information content (AvgIpc) is 3.22. The third-order valence-electron chi connectivity index (χ3n) is 9.67. The highest BCUT2D eigenvalue weighted by Crippen LogP contribution is 2.22. The molecule has 1 heterocycles. The summed E-state index contributed by atoms with van der Waals surface area (Å²) >= 11 is 0. The van der Waals surface area contributed by atoms with Gasteiger partial charge in [0.05, 0.1) is 13.2 Å². The van der Waals surface area contributed by atoms with Crippen molar-refractivity contribution in [2.24, 2.45) is 0 Å². The Labute approximate surface area is 350 Å². The molecule has 1 aliphatic heterocycles. The van der Waals surface area contributed by atoms with E-state index in [4.69, 9.17) is 18.9 Å². The summed E-state index contributed by atoms with van der Waals surface area (Å²) < 4.78 is 22.0. The van der Waals surface area contributed by atoms with E-state index in [1.165, 1.54) is 70.6 Å². The Hall–Kier alpha value is -3.12. The molecule has 10 nitrogen and oxygen atoms in total. The summed E-state index contributed by atoms with van der Waals surface area (Å²) in [5.41, 5.74) is 0. The van der Waals surface area contributed by atoms with Crippen molar-refractivity contribution < 1.29 is 49.0 Å². The van der Waals surface area contributed by atoms with Gasteiger partial charge in [-0.1, -0.05) is 170 Å². The Bertz CT molecular complexity index is 1220. The van der Waals surface area contributed by atoms with E-state index in [0.29, 0.717) is 19.3 Å². The number of allylic oxidation sites excluding steroid dienone is 14. The summed E-state index contributed by atoms with van der Waals surface area (Å²) in [6.07, 6.45) is 41.7. The van der Waals surface area contributed by atoms with Crippen molar-refractivity contribution in [3.63, 3.8) is 0 Å². The van der Waals surface area contributed by atoms with E-state index < -0.39 is 55.4 Å². The Morgan fingerprint density at radius 3 is 1.60 bits per heavy atom. The number of unbranched alkanes of at least 4 members (excludes halogenated alkanes) is 15. The summed E-state index contributed by atoms with van der Waals surface area (Å²) in [7, 11) is 0. The Morgan fingerprint density at radius 1 is 0.552 bits per heavy atom. The summed E-state index contributed by atoms with van der Waals surface area (Å²) in [6, 6.07) is 0. The summed E-state index contributed by atoms with van der Waals surface area (Å²) in [5, 5.41) is 40.0. The second-order valence-corrected chi connectivity index (χ2v) is 14.9. The summed E-state index contributed by atoms with van der Waals surface area (Å²) in [5.74, 6) is -0.905. The van der Waals surface area contributed by atoms with Crippen molar-refractivity contribution in [1.82, 2.24) is 0 Å².